The van der Waals surface area contributed by atoms with Crippen LogP contribution < -0.4 is 0 Å². The van der Waals surface area contributed by atoms with Gasteiger partial charge in [-0.25, -0.2) is 4.98 Å². The van der Waals surface area contributed by atoms with Crippen LogP contribution in [0.1, 0.15) is 20.3 Å². The fraction of sp³-hybridized carbons (Fsp3) is 0.533. The number of hydrogen-bond acceptors (Lipinski definition) is 3. The molecule has 2 aromatic rings. The average Bonchev–Trinajstić information content (AvgIpc) is 2.83. The van der Waals surface area contributed by atoms with Gasteiger partial charge in [-0.2, -0.15) is 0 Å². The highest BCUT2D eigenvalue weighted by atomic mass is 28.4. The molecule has 0 unspecified atom stereocenters. The molecule has 1 aromatic carbocycles. The Morgan fingerprint density at radius 1 is 1.15 bits per heavy atom. The molecule has 0 radical (unpaired) electrons. The first-order valence-electron chi connectivity index (χ1n) is 7.36. The number of benzene rings is 1. The van der Waals surface area contributed by atoms with Crippen molar-refractivity contribution < 1.29 is 8.85 Å². The molecule has 110 valence electrons. The van der Waals surface area contributed by atoms with E-state index in [2.05, 4.69) is 28.2 Å². The molecule has 5 heteroatoms. The number of imidazole rings is 1. The molecule has 0 saturated carbocycles. The van der Waals surface area contributed by atoms with Crippen molar-refractivity contribution in [3.63, 3.8) is 0 Å². The van der Waals surface area contributed by atoms with Crippen molar-refractivity contribution in [2.75, 3.05) is 13.2 Å². The summed E-state index contributed by atoms with van der Waals surface area (Å²) in [6.45, 7) is 8.66. The van der Waals surface area contributed by atoms with Crippen LogP contribution in [-0.2, 0) is 15.4 Å². The van der Waals surface area contributed by atoms with Crippen molar-refractivity contribution >= 4 is 19.6 Å². The first kappa shape index (κ1) is 15.2. The van der Waals surface area contributed by atoms with Gasteiger partial charge in [-0.1, -0.05) is 12.1 Å². The van der Waals surface area contributed by atoms with Gasteiger partial charge in [0, 0.05) is 19.8 Å². The van der Waals surface area contributed by atoms with Gasteiger partial charge < -0.3 is 13.4 Å². The fourth-order valence-corrected chi connectivity index (χ4v) is 4.95. The Morgan fingerprint density at radius 2 is 1.85 bits per heavy atom. The summed E-state index contributed by atoms with van der Waals surface area (Å²) in [5.41, 5.74) is 2.26. The Balaban J connectivity index is 1.94. The Kier molecular flexibility index (Phi) is 5.34. The molecule has 0 spiro atoms. The minimum Gasteiger partial charge on any atom is -0.395 e. The van der Waals surface area contributed by atoms with Crippen LogP contribution in [-0.4, -0.2) is 31.3 Å². The van der Waals surface area contributed by atoms with Crippen molar-refractivity contribution in [2.45, 2.75) is 39.4 Å². The topological polar surface area (TPSA) is 36.3 Å². The first-order chi connectivity index (χ1) is 9.68. The molecule has 0 N–H and O–H groups in total. The molecular weight excluding hydrogens is 268 g/mol. The van der Waals surface area contributed by atoms with E-state index in [4.69, 9.17) is 8.85 Å². The fourth-order valence-electron chi connectivity index (χ4n) is 2.56. The van der Waals surface area contributed by atoms with Crippen LogP contribution in [0, 0.1) is 0 Å². The van der Waals surface area contributed by atoms with E-state index in [1.54, 1.807) is 0 Å². The Morgan fingerprint density at radius 3 is 2.55 bits per heavy atom. The van der Waals surface area contributed by atoms with E-state index in [9.17, 15) is 0 Å². The second-order valence-corrected chi connectivity index (χ2v) is 8.38. The lowest BCUT2D eigenvalue weighted by Gasteiger charge is -2.25. The third-order valence-corrected chi connectivity index (χ3v) is 6.52. The number of rotatable bonds is 8. The van der Waals surface area contributed by atoms with Gasteiger partial charge in [0.25, 0.3) is 0 Å². The second kappa shape index (κ2) is 7.01. The van der Waals surface area contributed by atoms with Crippen molar-refractivity contribution in [3.05, 3.63) is 30.6 Å². The summed E-state index contributed by atoms with van der Waals surface area (Å²) < 4.78 is 13.9. The summed E-state index contributed by atoms with van der Waals surface area (Å²) in [5.74, 6) is 0. The molecule has 0 amide bonds. The zero-order chi connectivity index (χ0) is 14.4. The van der Waals surface area contributed by atoms with E-state index in [-0.39, 0.29) is 0 Å². The van der Waals surface area contributed by atoms with E-state index in [1.165, 1.54) is 5.52 Å². The van der Waals surface area contributed by atoms with E-state index in [1.807, 2.05) is 32.3 Å². The van der Waals surface area contributed by atoms with Gasteiger partial charge >= 0.3 is 8.56 Å². The molecule has 0 saturated heterocycles. The van der Waals surface area contributed by atoms with Crippen LogP contribution in [0.3, 0.4) is 0 Å². The lowest BCUT2D eigenvalue weighted by molar-refractivity contribution is 0.188. The molecule has 0 aliphatic carbocycles. The van der Waals surface area contributed by atoms with Crippen molar-refractivity contribution in [1.29, 1.82) is 0 Å². The molecule has 0 bridgehead atoms. The summed E-state index contributed by atoms with van der Waals surface area (Å²) in [6, 6.07) is 9.25. The van der Waals surface area contributed by atoms with Crippen LogP contribution in [0.2, 0.25) is 12.6 Å². The summed E-state index contributed by atoms with van der Waals surface area (Å²) in [4.78, 5) is 4.42. The Labute approximate surface area is 122 Å². The van der Waals surface area contributed by atoms with Gasteiger partial charge in [0.2, 0.25) is 0 Å². The van der Waals surface area contributed by atoms with Crippen molar-refractivity contribution in [2.24, 2.45) is 0 Å². The third-order valence-electron chi connectivity index (χ3n) is 3.46. The zero-order valence-corrected chi connectivity index (χ0v) is 13.6. The van der Waals surface area contributed by atoms with Crippen molar-refractivity contribution in [1.82, 2.24) is 9.55 Å². The maximum absolute atomic E-state index is 5.87. The van der Waals surface area contributed by atoms with Gasteiger partial charge in [-0.05, 0) is 45.0 Å². The number of fused-ring (bicyclic) bond motifs is 1. The Hall–Kier alpha value is -1.17. The summed E-state index contributed by atoms with van der Waals surface area (Å²) in [7, 11) is -1.98. The third kappa shape index (κ3) is 3.68. The number of aryl methyl sites for hydroxylation is 1. The van der Waals surface area contributed by atoms with Crippen LogP contribution in [0.5, 0.6) is 0 Å². The normalized spacial score (nSPS) is 12.2. The minimum absolute atomic E-state index is 0.733. The van der Waals surface area contributed by atoms with E-state index >= 15 is 0 Å². The van der Waals surface area contributed by atoms with Crippen LogP contribution in [0.15, 0.2) is 30.6 Å². The van der Waals surface area contributed by atoms with E-state index in [0.29, 0.717) is 0 Å². The van der Waals surface area contributed by atoms with E-state index < -0.39 is 8.56 Å². The summed E-state index contributed by atoms with van der Waals surface area (Å²) in [5, 5.41) is 0. The lowest BCUT2D eigenvalue weighted by atomic mass is 10.3. The predicted octanol–water partition coefficient (Wildman–Crippen LogP) is 3.57. The first-order valence-corrected chi connectivity index (χ1v) is 9.88. The molecular formula is C15H24N2O2Si. The van der Waals surface area contributed by atoms with Gasteiger partial charge in [0.05, 0.1) is 17.4 Å². The number of para-hydroxylation sites is 2. The van der Waals surface area contributed by atoms with Crippen LogP contribution in [0.25, 0.3) is 11.0 Å². The van der Waals surface area contributed by atoms with Gasteiger partial charge in [-0.3, -0.25) is 0 Å². The monoisotopic (exact) mass is 292 g/mol. The maximum Gasteiger partial charge on any atom is 0.334 e. The maximum atomic E-state index is 5.87. The van der Waals surface area contributed by atoms with Gasteiger partial charge in [-0.15, -0.1) is 0 Å². The molecule has 20 heavy (non-hydrogen) atoms. The smallest absolute Gasteiger partial charge is 0.334 e. The standard InChI is InChI=1S/C15H24N2O2Si/c1-4-18-20(3,19-5-2)12-8-11-17-13-16-14-9-6-7-10-15(14)17/h6-7,9-10,13H,4-5,8,11-12H2,1-3H3. The number of aromatic nitrogens is 2. The van der Waals surface area contributed by atoms with Crippen molar-refractivity contribution in [3.8, 4) is 0 Å². The lowest BCUT2D eigenvalue weighted by Crippen LogP contribution is -2.38. The largest absolute Gasteiger partial charge is 0.395 e. The second-order valence-electron chi connectivity index (χ2n) is 5.03. The molecule has 2 rings (SSSR count). The SMILES string of the molecule is CCO[Si](C)(CCCn1cnc2ccccc21)OCC. The molecule has 4 nitrogen and oxygen atoms in total. The Bertz CT molecular complexity index is 535. The highest BCUT2D eigenvalue weighted by Crippen LogP contribution is 2.18. The molecule has 0 fully saturated rings. The highest BCUT2D eigenvalue weighted by Gasteiger charge is 2.29. The number of hydrogen-bond donors (Lipinski definition) is 0. The quantitative estimate of drug-likeness (QED) is 0.698. The molecule has 0 aliphatic heterocycles. The highest BCUT2D eigenvalue weighted by molar-refractivity contribution is 6.66. The predicted molar refractivity (Wildman–Crippen MR) is 84.0 cm³/mol. The summed E-state index contributed by atoms with van der Waals surface area (Å²) in [6.07, 6.45) is 2.98. The van der Waals surface area contributed by atoms with Gasteiger partial charge in [0.15, 0.2) is 0 Å². The molecule has 0 atom stereocenters. The number of nitrogens with zero attached hydrogens (tertiary/aromatic N) is 2. The van der Waals surface area contributed by atoms with Gasteiger partial charge in [0.1, 0.15) is 0 Å². The zero-order valence-electron chi connectivity index (χ0n) is 12.6. The molecule has 1 aromatic heterocycles. The van der Waals surface area contributed by atoms with Crippen LogP contribution >= 0.6 is 0 Å². The minimum atomic E-state index is -1.98. The molecule has 1 heterocycles. The summed E-state index contributed by atoms with van der Waals surface area (Å²) >= 11 is 0. The van der Waals surface area contributed by atoms with E-state index in [0.717, 1.165) is 37.7 Å². The average molecular weight is 292 g/mol. The van der Waals surface area contributed by atoms with Crippen LogP contribution in [0.4, 0.5) is 0 Å². The molecule has 0 aliphatic rings.